The number of aryl methyl sites for hydroxylation is 1. The van der Waals surface area contributed by atoms with Crippen LogP contribution in [0.5, 0.6) is 5.75 Å². The Morgan fingerprint density at radius 1 is 1.09 bits per heavy atom. The molecule has 0 saturated heterocycles. The molecule has 0 unspecified atom stereocenters. The molecule has 3 aromatic heterocycles. The monoisotopic (exact) mass is 433 g/mol. The van der Waals surface area contributed by atoms with Crippen LogP contribution in [0.3, 0.4) is 0 Å². The summed E-state index contributed by atoms with van der Waals surface area (Å²) in [7, 11) is 3.37. The minimum atomic E-state index is -0.489. The zero-order chi connectivity index (χ0) is 22.5. The van der Waals surface area contributed by atoms with E-state index in [1.54, 1.807) is 47.7 Å². The van der Waals surface area contributed by atoms with Crippen LogP contribution in [0.15, 0.2) is 61.6 Å². The predicted octanol–water partition coefficient (Wildman–Crippen LogP) is 3.34. The molecule has 0 radical (unpaired) electrons. The van der Waals surface area contributed by atoms with Crippen LogP contribution in [0, 0.1) is 5.82 Å². The highest BCUT2D eigenvalue weighted by atomic mass is 19.1. The highest BCUT2D eigenvalue weighted by Gasteiger charge is 2.11. The van der Waals surface area contributed by atoms with Crippen LogP contribution < -0.4 is 15.4 Å². The first-order chi connectivity index (χ1) is 15.5. The maximum atomic E-state index is 14.6. The molecule has 0 saturated carbocycles. The van der Waals surface area contributed by atoms with Gasteiger partial charge in [-0.25, -0.2) is 19.3 Å². The van der Waals surface area contributed by atoms with Gasteiger partial charge in [-0.2, -0.15) is 0 Å². The van der Waals surface area contributed by atoms with Gasteiger partial charge in [0.25, 0.3) is 0 Å². The molecule has 32 heavy (non-hydrogen) atoms. The van der Waals surface area contributed by atoms with Crippen molar-refractivity contribution in [3.05, 3.63) is 73.0 Å². The van der Waals surface area contributed by atoms with Gasteiger partial charge in [-0.1, -0.05) is 12.1 Å². The lowest BCUT2D eigenvalue weighted by molar-refractivity contribution is -0.115. The lowest BCUT2D eigenvalue weighted by atomic mass is 10.0. The molecule has 1 amide bonds. The van der Waals surface area contributed by atoms with E-state index in [2.05, 4.69) is 30.6 Å². The van der Waals surface area contributed by atoms with Gasteiger partial charge in [-0.3, -0.25) is 9.78 Å². The number of nitrogens with zero attached hydrogens (tertiary/aromatic N) is 5. The number of carbonyl (C=O) groups excluding carboxylic acids is 1. The maximum absolute atomic E-state index is 14.6. The van der Waals surface area contributed by atoms with Gasteiger partial charge < -0.3 is 19.9 Å². The van der Waals surface area contributed by atoms with E-state index in [4.69, 9.17) is 4.74 Å². The molecule has 0 atom stereocenters. The molecule has 0 aliphatic rings. The average molecular weight is 433 g/mol. The van der Waals surface area contributed by atoms with E-state index in [1.165, 1.54) is 25.6 Å². The van der Waals surface area contributed by atoms with Gasteiger partial charge in [0, 0.05) is 37.3 Å². The smallest absolute Gasteiger partial charge is 0.228 e. The van der Waals surface area contributed by atoms with Gasteiger partial charge in [0.15, 0.2) is 5.82 Å². The van der Waals surface area contributed by atoms with Crippen molar-refractivity contribution in [3.8, 4) is 16.9 Å². The third-order valence-electron chi connectivity index (χ3n) is 4.57. The molecule has 162 valence electrons. The lowest BCUT2D eigenvalue weighted by Gasteiger charge is -2.09. The zero-order valence-corrected chi connectivity index (χ0v) is 17.4. The average Bonchev–Trinajstić information content (AvgIpc) is 3.20. The lowest BCUT2D eigenvalue weighted by Crippen LogP contribution is -2.15. The summed E-state index contributed by atoms with van der Waals surface area (Å²) in [5, 5.41) is 5.67. The summed E-state index contributed by atoms with van der Waals surface area (Å²) in [6, 6.07) is 6.30. The van der Waals surface area contributed by atoms with Crippen LogP contribution in [0.2, 0.25) is 0 Å². The van der Waals surface area contributed by atoms with Crippen molar-refractivity contribution >= 4 is 23.4 Å². The zero-order valence-electron chi connectivity index (χ0n) is 17.4. The number of carbonyl (C=O) groups is 1. The number of rotatable bonds is 7. The van der Waals surface area contributed by atoms with Crippen molar-refractivity contribution in [2.24, 2.45) is 7.05 Å². The third-order valence-corrected chi connectivity index (χ3v) is 4.57. The molecular weight excluding hydrogens is 413 g/mol. The molecule has 0 aliphatic heterocycles. The van der Waals surface area contributed by atoms with Gasteiger partial charge in [0.05, 0.1) is 37.9 Å². The normalized spacial score (nSPS) is 10.6. The number of halogens is 1. The number of anilines is 3. The van der Waals surface area contributed by atoms with Gasteiger partial charge in [-0.05, 0) is 17.2 Å². The maximum Gasteiger partial charge on any atom is 0.228 e. The number of ether oxygens (including phenoxy) is 1. The standard InChI is InChI=1S/C22H20FN7O2/c1-30-12-20(27-13-30)29-22-25-8-16(9-26-22)14-3-4-15(19(23)5-14)6-21(31)28-17-7-18(32-2)11-24-10-17/h3-5,7-13H,6H2,1-2H3,(H,28,31)(H,25,26,29). The Hall–Kier alpha value is -4.34. The minimum Gasteiger partial charge on any atom is -0.495 e. The highest BCUT2D eigenvalue weighted by molar-refractivity contribution is 5.92. The second-order valence-corrected chi connectivity index (χ2v) is 6.99. The molecule has 0 spiro atoms. The van der Waals surface area contributed by atoms with Crippen LogP contribution >= 0.6 is 0 Å². The molecule has 0 fully saturated rings. The van der Waals surface area contributed by atoms with Crippen LogP contribution in [0.1, 0.15) is 5.56 Å². The van der Waals surface area contributed by atoms with Crippen molar-refractivity contribution in [2.75, 3.05) is 17.7 Å². The fourth-order valence-electron chi connectivity index (χ4n) is 2.98. The number of hydrogen-bond acceptors (Lipinski definition) is 7. The van der Waals surface area contributed by atoms with Gasteiger partial charge in [0.1, 0.15) is 11.6 Å². The molecule has 0 aliphatic carbocycles. The van der Waals surface area contributed by atoms with E-state index < -0.39 is 5.82 Å². The highest BCUT2D eigenvalue weighted by Crippen LogP contribution is 2.23. The number of pyridine rings is 1. The predicted molar refractivity (Wildman–Crippen MR) is 117 cm³/mol. The topological polar surface area (TPSA) is 107 Å². The van der Waals surface area contributed by atoms with E-state index in [0.29, 0.717) is 34.3 Å². The summed E-state index contributed by atoms with van der Waals surface area (Å²) in [6.45, 7) is 0. The molecule has 4 rings (SSSR count). The first kappa shape index (κ1) is 20.9. The first-order valence-corrected chi connectivity index (χ1v) is 9.65. The summed E-state index contributed by atoms with van der Waals surface area (Å²) in [5.74, 6) is 0.672. The van der Waals surface area contributed by atoms with Gasteiger partial charge in [-0.15, -0.1) is 0 Å². The molecule has 1 aromatic carbocycles. The first-order valence-electron chi connectivity index (χ1n) is 9.65. The summed E-state index contributed by atoms with van der Waals surface area (Å²) < 4.78 is 21.5. The largest absolute Gasteiger partial charge is 0.495 e. The van der Waals surface area contributed by atoms with Crippen molar-refractivity contribution < 1.29 is 13.9 Å². The molecule has 9 nitrogen and oxygen atoms in total. The number of imidazole rings is 1. The van der Waals surface area contributed by atoms with Crippen LogP contribution in [-0.4, -0.2) is 37.5 Å². The Morgan fingerprint density at radius 2 is 1.91 bits per heavy atom. The number of nitrogens with one attached hydrogen (secondary N) is 2. The number of hydrogen-bond donors (Lipinski definition) is 2. The van der Waals surface area contributed by atoms with Crippen molar-refractivity contribution in [3.63, 3.8) is 0 Å². The third kappa shape index (κ3) is 5.04. The molecule has 10 heteroatoms. The van der Waals surface area contributed by atoms with Crippen LogP contribution in [-0.2, 0) is 18.3 Å². The number of amides is 1. The van der Waals surface area contributed by atoms with Gasteiger partial charge in [0.2, 0.25) is 11.9 Å². The van der Waals surface area contributed by atoms with Crippen LogP contribution in [0.4, 0.5) is 21.8 Å². The van der Waals surface area contributed by atoms with E-state index in [0.717, 1.165) is 0 Å². The fraction of sp³-hybridized carbons (Fsp3) is 0.136. The fourth-order valence-corrected chi connectivity index (χ4v) is 2.98. The number of aromatic nitrogens is 5. The second-order valence-electron chi connectivity index (χ2n) is 6.99. The molecular formula is C22H20FN7O2. The molecule has 4 aromatic rings. The van der Waals surface area contributed by atoms with Crippen LogP contribution in [0.25, 0.3) is 11.1 Å². The Balaban J connectivity index is 1.41. The van der Waals surface area contributed by atoms with Gasteiger partial charge >= 0.3 is 0 Å². The summed E-state index contributed by atoms with van der Waals surface area (Å²) in [4.78, 5) is 28.9. The van der Waals surface area contributed by atoms with E-state index in [1.807, 2.05) is 7.05 Å². The minimum absolute atomic E-state index is 0.118. The quantitative estimate of drug-likeness (QED) is 0.460. The summed E-state index contributed by atoms with van der Waals surface area (Å²) in [6.07, 6.45) is 9.55. The Bertz CT molecular complexity index is 1240. The number of methoxy groups -OCH3 is 1. The van der Waals surface area contributed by atoms with Crippen molar-refractivity contribution in [1.29, 1.82) is 0 Å². The molecule has 2 N–H and O–H groups in total. The van der Waals surface area contributed by atoms with Crippen molar-refractivity contribution in [1.82, 2.24) is 24.5 Å². The Kier molecular flexibility index (Phi) is 6.02. The number of benzene rings is 1. The van der Waals surface area contributed by atoms with Crippen molar-refractivity contribution in [2.45, 2.75) is 6.42 Å². The molecule has 3 heterocycles. The van der Waals surface area contributed by atoms with E-state index in [9.17, 15) is 9.18 Å². The second kappa shape index (κ2) is 9.21. The van der Waals surface area contributed by atoms with E-state index in [-0.39, 0.29) is 17.9 Å². The summed E-state index contributed by atoms with van der Waals surface area (Å²) in [5.41, 5.74) is 2.00. The molecule has 0 bridgehead atoms. The Labute approximate surface area is 183 Å². The van der Waals surface area contributed by atoms with E-state index >= 15 is 0 Å². The summed E-state index contributed by atoms with van der Waals surface area (Å²) >= 11 is 0. The SMILES string of the molecule is COc1cncc(NC(=O)Cc2ccc(-c3cnc(Nc4cn(C)cn4)nc3)cc2F)c1. The Morgan fingerprint density at radius 3 is 2.59 bits per heavy atom.